The van der Waals surface area contributed by atoms with E-state index in [4.69, 9.17) is 9.47 Å². The van der Waals surface area contributed by atoms with Crippen LogP contribution in [-0.2, 0) is 20.9 Å². The molecule has 1 aliphatic heterocycles. The number of aryl methyl sites for hydroxylation is 1. The topological polar surface area (TPSA) is 18.5 Å². The third-order valence-corrected chi connectivity index (χ3v) is 4.12. The van der Waals surface area contributed by atoms with Crippen molar-refractivity contribution in [1.82, 2.24) is 0 Å². The van der Waals surface area contributed by atoms with Crippen molar-refractivity contribution in [1.29, 1.82) is 0 Å². The van der Waals surface area contributed by atoms with Crippen molar-refractivity contribution in [3.05, 3.63) is 70.8 Å². The first-order valence-electron chi connectivity index (χ1n) is 6.93. The minimum absolute atomic E-state index is 0.366. The molecule has 1 unspecified atom stereocenters. The number of ether oxygens (including phenoxy) is 2. The number of fused-ring (bicyclic) bond motifs is 1. The van der Waals surface area contributed by atoms with Crippen LogP contribution in [0.25, 0.3) is 0 Å². The van der Waals surface area contributed by atoms with Crippen LogP contribution in [0.5, 0.6) is 0 Å². The van der Waals surface area contributed by atoms with Gasteiger partial charge in [0.05, 0.1) is 5.60 Å². The Balaban J connectivity index is 2.29. The quantitative estimate of drug-likeness (QED) is 0.816. The molecule has 0 aromatic heterocycles. The molecule has 1 heterocycles. The first kappa shape index (κ1) is 13.3. The first-order valence-corrected chi connectivity index (χ1v) is 6.93. The lowest BCUT2D eigenvalue weighted by atomic mass is 9.89. The van der Waals surface area contributed by atoms with Crippen molar-refractivity contribution in [2.24, 2.45) is 0 Å². The second-order valence-electron chi connectivity index (χ2n) is 5.79. The summed E-state index contributed by atoms with van der Waals surface area (Å²) in [6.45, 7) is 6.27. The molecule has 2 heteroatoms. The molecule has 1 atom stereocenters. The number of methoxy groups -OCH3 is 1. The average molecular weight is 268 g/mol. The van der Waals surface area contributed by atoms with E-state index in [9.17, 15) is 0 Å². The maximum absolute atomic E-state index is 6.40. The van der Waals surface area contributed by atoms with E-state index in [2.05, 4.69) is 45.0 Å². The van der Waals surface area contributed by atoms with Gasteiger partial charge in [-0.15, -0.1) is 0 Å². The van der Waals surface area contributed by atoms with Crippen LogP contribution in [0.2, 0.25) is 0 Å². The summed E-state index contributed by atoms with van der Waals surface area (Å²) in [5, 5.41) is 0. The molecule has 0 bridgehead atoms. The van der Waals surface area contributed by atoms with Gasteiger partial charge in [-0.25, -0.2) is 0 Å². The van der Waals surface area contributed by atoms with Crippen molar-refractivity contribution < 1.29 is 9.47 Å². The molecule has 2 nitrogen and oxygen atoms in total. The number of hydrogen-bond acceptors (Lipinski definition) is 2. The Labute approximate surface area is 120 Å². The predicted molar refractivity (Wildman–Crippen MR) is 79.5 cm³/mol. The summed E-state index contributed by atoms with van der Waals surface area (Å²) in [6, 6.07) is 16.5. The van der Waals surface area contributed by atoms with Crippen LogP contribution < -0.4 is 0 Å². The first-order chi connectivity index (χ1) is 9.51. The molecule has 0 radical (unpaired) electrons. The highest BCUT2D eigenvalue weighted by atomic mass is 16.7. The molecule has 0 saturated carbocycles. The molecule has 0 aliphatic carbocycles. The monoisotopic (exact) mass is 268 g/mol. The minimum atomic E-state index is -0.814. The summed E-state index contributed by atoms with van der Waals surface area (Å²) in [5.41, 5.74) is 4.16. The van der Waals surface area contributed by atoms with Crippen LogP contribution in [-0.4, -0.2) is 7.11 Å². The highest BCUT2D eigenvalue weighted by molar-refractivity contribution is 5.47. The van der Waals surface area contributed by atoms with Crippen LogP contribution in [0.1, 0.15) is 36.1 Å². The lowest BCUT2D eigenvalue weighted by molar-refractivity contribution is -0.239. The van der Waals surface area contributed by atoms with Gasteiger partial charge in [0, 0.05) is 18.2 Å². The Morgan fingerprint density at radius 2 is 1.40 bits per heavy atom. The van der Waals surface area contributed by atoms with E-state index in [0.29, 0.717) is 0 Å². The Morgan fingerprint density at radius 3 is 2.00 bits per heavy atom. The highest BCUT2D eigenvalue weighted by Crippen LogP contribution is 2.51. The van der Waals surface area contributed by atoms with Gasteiger partial charge in [0.25, 0.3) is 0 Å². The number of benzene rings is 2. The van der Waals surface area contributed by atoms with Crippen LogP contribution in [0.3, 0.4) is 0 Å². The molecule has 0 spiro atoms. The zero-order valence-electron chi connectivity index (χ0n) is 12.4. The fourth-order valence-corrected chi connectivity index (χ4v) is 3.17. The Kier molecular flexibility index (Phi) is 2.96. The van der Waals surface area contributed by atoms with Gasteiger partial charge in [-0.1, -0.05) is 48.5 Å². The molecule has 0 N–H and O–H groups in total. The van der Waals surface area contributed by atoms with Crippen molar-refractivity contribution >= 4 is 0 Å². The van der Waals surface area contributed by atoms with E-state index >= 15 is 0 Å². The predicted octanol–water partition coefficient (Wildman–Crippen LogP) is 4.11. The normalized spacial score (nSPS) is 23.6. The van der Waals surface area contributed by atoms with Crippen LogP contribution in [0.4, 0.5) is 0 Å². The summed E-state index contributed by atoms with van der Waals surface area (Å²) >= 11 is 0. The van der Waals surface area contributed by atoms with Gasteiger partial charge >= 0.3 is 0 Å². The summed E-state index contributed by atoms with van der Waals surface area (Å²) < 4.78 is 12.3. The van der Waals surface area contributed by atoms with Gasteiger partial charge < -0.3 is 9.47 Å². The molecular weight excluding hydrogens is 248 g/mol. The van der Waals surface area contributed by atoms with E-state index in [-0.39, 0.29) is 5.60 Å². The third-order valence-electron chi connectivity index (χ3n) is 4.12. The van der Waals surface area contributed by atoms with Gasteiger partial charge in [-0.05, 0) is 31.9 Å². The molecule has 3 rings (SSSR count). The summed E-state index contributed by atoms with van der Waals surface area (Å²) in [6.07, 6.45) is 0. The van der Waals surface area contributed by atoms with Crippen molar-refractivity contribution in [2.45, 2.75) is 32.2 Å². The Morgan fingerprint density at radius 1 is 0.850 bits per heavy atom. The zero-order valence-corrected chi connectivity index (χ0v) is 12.4. The van der Waals surface area contributed by atoms with E-state index in [0.717, 1.165) is 11.1 Å². The molecule has 1 aliphatic rings. The maximum atomic E-state index is 6.40. The summed E-state index contributed by atoms with van der Waals surface area (Å²) in [7, 11) is 1.71. The smallest absolute Gasteiger partial charge is 0.223 e. The maximum Gasteiger partial charge on any atom is 0.223 e. The van der Waals surface area contributed by atoms with E-state index in [1.807, 2.05) is 24.3 Å². The van der Waals surface area contributed by atoms with Crippen LogP contribution in [0.15, 0.2) is 48.5 Å². The second-order valence-corrected chi connectivity index (χ2v) is 5.79. The lowest BCUT2D eigenvalue weighted by Gasteiger charge is -2.32. The Bertz CT molecular complexity index is 645. The van der Waals surface area contributed by atoms with Gasteiger partial charge in [-0.3, -0.25) is 0 Å². The van der Waals surface area contributed by atoms with Gasteiger partial charge in [0.1, 0.15) is 0 Å². The van der Waals surface area contributed by atoms with E-state index in [1.165, 1.54) is 11.1 Å². The summed E-state index contributed by atoms with van der Waals surface area (Å²) in [4.78, 5) is 0. The zero-order chi connectivity index (χ0) is 14.4. The van der Waals surface area contributed by atoms with Crippen LogP contribution in [0, 0.1) is 6.92 Å². The Hall–Kier alpha value is -1.64. The van der Waals surface area contributed by atoms with E-state index in [1.54, 1.807) is 7.11 Å². The largest absolute Gasteiger partial charge is 0.346 e. The fourth-order valence-electron chi connectivity index (χ4n) is 3.17. The lowest BCUT2D eigenvalue weighted by Crippen LogP contribution is -2.33. The highest BCUT2D eigenvalue weighted by Gasteiger charge is 2.51. The van der Waals surface area contributed by atoms with Gasteiger partial charge in [0.15, 0.2) is 0 Å². The molecule has 0 fully saturated rings. The molecule has 0 saturated heterocycles. The number of hydrogen-bond donors (Lipinski definition) is 0. The third kappa shape index (κ3) is 1.72. The molecule has 0 amide bonds. The average Bonchev–Trinajstić information content (AvgIpc) is 2.69. The molecular formula is C18H20O2. The van der Waals surface area contributed by atoms with Gasteiger partial charge in [-0.2, -0.15) is 0 Å². The van der Waals surface area contributed by atoms with Crippen molar-refractivity contribution in [2.75, 3.05) is 7.11 Å². The van der Waals surface area contributed by atoms with E-state index < -0.39 is 5.79 Å². The molecule has 20 heavy (non-hydrogen) atoms. The summed E-state index contributed by atoms with van der Waals surface area (Å²) in [5.74, 6) is -0.814. The molecule has 2 aromatic rings. The van der Waals surface area contributed by atoms with Crippen molar-refractivity contribution in [3.63, 3.8) is 0 Å². The minimum Gasteiger partial charge on any atom is -0.346 e. The van der Waals surface area contributed by atoms with Crippen LogP contribution >= 0.6 is 0 Å². The standard InChI is InChI=1S/C18H20O2/c1-13-9-5-6-10-14(13)18(19-4)16-12-8-7-11-15(16)17(2,3)20-18/h5-12H,1-4H3. The van der Waals surface area contributed by atoms with Gasteiger partial charge in [0.2, 0.25) is 5.79 Å². The SMILES string of the molecule is COC1(c2ccccc2C)OC(C)(C)c2ccccc21. The number of rotatable bonds is 2. The van der Waals surface area contributed by atoms with Crippen molar-refractivity contribution in [3.8, 4) is 0 Å². The molecule has 104 valence electrons. The second kappa shape index (κ2) is 4.44. The fraction of sp³-hybridized carbons (Fsp3) is 0.333. The molecule has 2 aromatic carbocycles.